The molecule has 1 saturated heterocycles. The van der Waals surface area contributed by atoms with Gasteiger partial charge in [-0.1, -0.05) is 42.1 Å². The molecule has 4 aromatic rings. The second kappa shape index (κ2) is 15.0. The first-order valence-electron chi connectivity index (χ1n) is 16.3. The van der Waals surface area contributed by atoms with E-state index in [0.29, 0.717) is 25.4 Å². The van der Waals surface area contributed by atoms with Crippen LogP contribution in [0, 0.1) is 0 Å². The molecule has 0 radical (unpaired) electrons. The van der Waals surface area contributed by atoms with E-state index in [0.717, 1.165) is 70.6 Å². The number of esters is 1. The minimum atomic E-state index is -4.38. The molecule has 0 N–H and O–H groups in total. The van der Waals surface area contributed by atoms with E-state index in [9.17, 15) is 18.0 Å². The van der Waals surface area contributed by atoms with Crippen LogP contribution in [0.1, 0.15) is 18.9 Å². The van der Waals surface area contributed by atoms with Crippen LogP contribution in [0.5, 0.6) is 0 Å². The van der Waals surface area contributed by atoms with Crippen molar-refractivity contribution < 1.29 is 22.7 Å². The summed E-state index contributed by atoms with van der Waals surface area (Å²) < 4.78 is 46.3. The Morgan fingerprint density at radius 2 is 1.60 bits per heavy atom. The first-order chi connectivity index (χ1) is 23.1. The number of rotatable bonds is 11. The topological polar surface area (TPSA) is 39.3 Å². The SMILES string of the molecule is CC(Sc1ccc2cccc(N(C)C)c2c1)C(=O)OCCN1CCN(CCCN2c3ccccc3Sc3ccc(C(F)(F)F)cc32)CC1. The van der Waals surface area contributed by atoms with Gasteiger partial charge in [0.05, 0.1) is 16.9 Å². The van der Waals surface area contributed by atoms with Crippen LogP contribution in [0.25, 0.3) is 10.8 Å². The van der Waals surface area contributed by atoms with Crippen LogP contribution < -0.4 is 9.80 Å². The highest BCUT2D eigenvalue weighted by Crippen LogP contribution is 2.49. The van der Waals surface area contributed by atoms with E-state index < -0.39 is 11.7 Å². The predicted molar refractivity (Wildman–Crippen MR) is 191 cm³/mol. The molecule has 0 spiro atoms. The molecular formula is C37H41F3N4O2S2. The largest absolute Gasteiger partial charge is 0.463 e. The van der Waals surface area contributed by atoms with Crippen molar-refractivity contribution >= 4 is 57.3 Å². The van der Waals surface area contributed by atoms with E-state index in [2.05, 4.69) is 51.1 Å². The second-order valence-corrected chi connectivity index (χ2v) is 14.9. The normalized spacial score (nSPS) is 16.0. The Morgan fingerprint density at radius 1 is 0.875 bits per heavy atom. The number of hydrogen-bond donors (Lipinski definition) is 0. The van der Waals surface area contributed by atoms with Crippen LogP contribution in [-0.2, 0) is 15.7 Å². The van der Waals surface area contributed by atoms with E-state index in [1.54, 1.807) is 6.07 Å². The second-order valence-electron chi connectivity index (χ2n) is 12.4. The average Bonchev–Trinajstić information content (AvgIpc) is 3.07. The Morgan fingerprint density at radius 3 is 2.35 bits per heavy atom. The van der Waals surface area contributed by atoms with Gasteiger partial charge in [0.2, 0.25) is 0 Å². The quantitative estimate of drug-likeness (QED) is 0.115. The highest BCUT2D eigenvalue weighted by atomic mass is 32.2. The molecule has 254 valence electrons. The van der Waals surface area contributed by atoms with Crippen LogP contribution in [0.3, 0.4) is 0 Å². The molecule has 6 rings (SSSR count). The molecule has 0 saturated carbocycles. The van der Waals surface area contributed by atoms with E-state index in [-0.39, 0.29) is 11.2 Å². The number of nitrogens with zero attached hydrogens (tertiary/aromatic N) is 4. The molecule has 11 heteroatoms. The fourth-order valence-corrected chi connectivity index (χ4v) is 8.26. The summed E-state index contributed by atoms with van der Waals surface area (Å²) in [7, 11) is 4.06. The lowest BCUT2D eigenvalue weighted by Crippen LogP contribution is -2.47. The number of alkyl halides is 3. The third-order valence-electron chi connectivity index (χ3n) is 8.88. The Hall–Kier alpha value is -3.38. The zero-order chi connectivity index (χ0) is 33.8. The Balaban J connectivity index is 0.944. The van der Waals surface area contributed by atoms with Crippen molar-refractivity contribution in [1.82, 2.24) is 9.80 Å². The number of halogens is 3. The summed E-state index contributed by atoms with van der Waals surface area (Å²) in [6.07, 6.45) is -3.55. The van der Waals surface area contributed by atoms with Crippen LogP contribution in [0.2, 0.25) is 0 Å². The van der Waals surface area contributed by atoms with Gasteiger partial charge in [-0.25, -0.2) is 0 Å². The van der Waals surface area contributed by atoms with Crippen molar-refractivity contribution in [2.75, 3.05) is 76.3 Å². The van der Waals surface area contributed by atoms with E-state index in [4.69, 9.17) is 4.74 Å². The lowest BCUT2D eigenvalue weighted by molar-refractivity contribution is -0.143. The molecule has 0 aromatic heterocycles. The van der Waals surface area contributed by atoms with Crippen molar-refractivity contribution in [1.29, 1.82) is 0 Å². The summed E-state index contributed by atoms with van der Waals surface area (Å²) >= 11 is 3.04. The monoisotopic (exact) mass is 694 g/mol. The maximum atomic E-state index is 13.6. The standard InChI is InChI=1S/C37H41F3N4O2S2/c1-26(47-29-14-12-27-8-6-10-31(41(2)3)30(27)25-29)36(45)46-23-22-43-20-18-42(19-21-43)16-7-17-44-32-9-4-5-11-34(32)48-35-15-13-28(24-33(35)44)37(38,39)40/h4-6,8-15,24-26H,7,16-23H2,1-3H3. The van der Waals surface area contributed by atoms with Gasteiger partial charge in [-0.05, 0) is 73.8 Å². The Labute approximate surface area is 289 Å². The summed E-state index contributed by atoms with van der Waals surface area (Å²) in [5.74, 6) is -0.207. The number of anilines is 3. The minimum Gasteiger partial charge on any atom is -0.463 e. The highest BCUT2D eigenvalue weighted by Gasteiger charge is 2.33. The van der Waals surface area contributed by atoms with Gasteiger partial charge in [0.15, 0.2) is 0 Å². The van der Waals surface area contributed by atoms with Gasteiger partial charge in [0.1, 0.15) is 11.9 Å². The molecule has 0 aliphatic carbocycles. The molecule has 0 bridgehead atoms. The zero-order valence-electron chi connectivity index (χ0n) is 27.5. The van der Waals surface area contributed by atoms with Gasteiger partial charge >= 0.3 is 12.1 Å². The van der Waals surface area contributed by atoms with Gasteiger partial charge in [0, 0.05) is 79.1 Å². The van der Waals surface area contributed by atoms with Gasteiger partial charge in [-0.2, -0.15) is 13.2 Å². The van der Waals surface area contributed by atoms with Gasteiger partial charge < -0.3 is 19.4 Å². The predicted octanol–water partition coefficient (Wildman–Crippen LogP) is 8.26. The fourth-order valence-electron chi connectivity index (χ4n) is 6.28. The van der Waals surface area contributed by atoms with Crippen LogP contribution in [0.15, 0.2) is 93.5 Å². The number of thioether (sulfide) groups is 1. The summed E-state index contributed by atoms with van der Waals surface area (Å²) in [4.78, 5) is 24.6. The molecule has 2 aliphatic rings. The number of benzene rings is 4. The molecule has 2 aliphatic heterocycles. The number of ether oxygens (including phenoxy) is 1. The molecular weight excluding hydrogens is 654 g/mol. The summed E-state index contributed by atoms with van der Waals surface area (Å²) in [6, 6.07) is 24.5. The number of carbonyl (C=O) groups excluding carboxylic acids is 1. The molecule has 48 heavy (non-hydrogen) atoms. The van der Waals surface area contributed by atoms with Crippen molar-refractivity contribution in [2.45, 2.75) is 39.5 Å². The molecule has 2 heterocycles. The van der Waals surface area contributed by atoms with Crippen molar-refractivity contribution in [3.05, 3.63) is 84.4 Å². The van der Waals surface area contributed by atoms with Crippen molar-refractivity contribution in [3.63, 3.8) is 0 Å². The van der Waals surface area contributed by atoms with Crippen LogP contribution in [-0.4, -0.2) is 87.5 Å². The number of para-hydroxylation sites is 1. The van der Waals surface area contributed by atoms with Crippen LogP contribution in [0.4, 0.5) is 30.2 Å². The Kier molecular flexibility index (Phi) is 10.8. The first-order valence-corrected chi connectivity index (χ1v) is 18.0. The van der Waals surface area contributed by atoms with E-state index in [1.807, 2.05) is 50.2 Å². The maximum absolute atomic E-state index is 13.6. The molecule has 0 amide bonds. The van der Waals surface area contributed by atoms with Crippen LogP contribution >= 0.6 is 23.5 Å². The molecule has 6 nitrogen and oxygen atoms in total. The fraction of sp³-hybridized carbons (Fsp3) is 0.378. The summed E-state index contributed by atoms with van der Waals surface area (Å²) in [5.41, 5.74) is 2.10. The summed E-state index contributed by atoms with van der Waals surface area (Å²) in [6.45, 7) is 8.01. The van der Waals surface area contributed by atoms with Gasteiger partial charge in [-0.3, -0.25) is 9.69 Å². The number of piperazine rings is 1. The third kappa shape index (κ3) is 8.07. The zero-order valence-corrected chi connectivity index (χ0v) is 29.1. The Bertz CT molecular complexity index is 1740. The molecule has 1 fully saturated rings. The van der Waals surface area contributed by atoms with Gasteiger partial charge in [-0.15, -0.1) is 11.8 Å². The lowest BCUT2D eigenvalue weighted by atomic mass is 10.1. The molecule has 4 aromatic carbocycles. The number of carbonyl (C=O) groups is 1. The van der Waals surface area contributed by atoms with E-state index >= 15 is 0 Å². The first kappa shape index (κ1) is 34.5. The van der Waals surface area contributed by atoms with Crippen molar-refractivity contribution in [2.24, 2.45) is 0 Å². The average molecular weight is 695 g/mol. The number of hydrogen-bond acceptors (Lipinski definition) is 8. The smallest absolute Gasteiger partial charge is 0.416 e. The third-order valence-corrected chi connectivity index (χ3v) is 11.1. The van der Waals surface area contributed by atoms with E-state index in [1.165, 1.54) is 41.0 Å². The minimum absolute atomic E-state index is 0.207. The highest BCUT2D eigenvalue weighted by molar-refractivity contribution is 8.00. The van der Waals surface area contributed by atoms with Crippen molar-refractivity contribution in [3.8, 4) is 0 Å². The number of fused-ring (bicyclic) bond motifs is 3. The lowest BCUT2D eigenvalue weighted by Gasteiger charge is -2.36. The molecule has 1 unspecified atom stereocenters. The van der Waals surface area contributed by atoms with Gasteiger partial charge in [0.25, 0.3) is 0 Å². The molecule has 1 atom stereocenters. The summed E-state index contributed by atoms with van der Waals surface area (Å²) in [5, 5.41) is 2.01. The maximum Gasteiger partial charge on any atom is 0.416 e.